The van der Waals surface area contributed by atoms with Gasteiger partial charge in [-0.2, -0.15) is 4.31 Å². The molecule has 1 aliphatic rings. The highest BCUT2D eigenvalue weighted by Crippen LogP contribution is 2.29. The van der Waals surface area contributed by atoms with Gasteiger partial charge < -0.3 is 0 Å². The number of aromatic nitrogens is 3. The summed E-state index contributed by atoms with van der Waals surface area (Å²) in [5.74, 6) is 0. The van der Waals surface area contributed by atoms with Crippen molar-refractivity contribution in [1.29, 1.82) is 0 Å². The Kier molecular flexibility index (Phi) is 4.18. The highest BCUT2D eigenvalue weighted by Gasteiger charge is 2.38. The highest BCUT2D eigenvalue weighted by atomic mass is 79.9. The first kappa shape index (κ1) is 16.4. The van der Waals surface area contributed by atoms with E-state index in [4.69, 9.17) is 0 Å². The van der Waals surface area contributed by atoms with Crippen LogP contribution in [0.5, 0.6) is 0 Å². The fourth-order valence-electron chi connectivity index (χ4n) is 2.73. The van der Waals surface area contributed by atoms with E-state index in [2.05, 4.69) is 26.2 Å². The summed E-state index contributed by atoms with van der Waals surface area (Å²) < 4.78 is 29.2. The Bertz CT molecular complexity index is 981. The topological polar surface area (TPSA) is 68.1 Å². The fraction of sp³-hybridized carbons (Fsp3) is 0.176. The van der Waals surface area contributed by atoms with Gasteiger partial charge in [0.25, 0.3) is 0 Å². The van der Waals surface area contributed by atoms with Crippen molar-refractivity contribution < 1.29 is 8.42 Å². The summed E-state index contributed by atoms with van der Waals surface area (Å²) in [6.45, 7) is 0.798. The smallest absolute Gasteiger partial charge is 0.243 e. The zero-order chi connectivity index (χ0) is 17.4. The van der Waals surface area contributed by atoms with Crippen LogP contribution in [0, 0.1) is 0 Å². The first-order valence-corrected chi connectivity index (χ1v) is 10.0. The first-order valence-electron chi connectivity index (χ1n) is 7.77. The van der Waals surface area contributed by atoms with Crippen molar-refractivity contribution in [2.75, 3.05) is 13.1 Å². The summed E-state index contributed by atoms with van der Waals surface area (Å²) >= 11 is 3.31. The zero-order valence-electron chi connectivity index (χ0n) is 13.2. The van der Waals surface area contributed by atoms with Gasteiger partial charge >= 0.3 is 0 Å². The third-order valence-electron chi connectivity index (χ3n) is 4.23. The lowest BCUT2D eigenvalue weighted by Crippen LogP contribution is -2.50. The van der Waals surface area contributed by atoms with Crippen LogP contribution in [0.1, 0.15) is 6.04 Å². The fourth-order valence-corrected chi connectivity index (χ4v) is 4.51. The molecule has 25 heavy (non-hydrogen) atoms. The Morgan fingerprint density at radius 2 is 1.68 bits per heavy atom. The van der Waals surface area contributed by atoms with E-state index in [0.29, 0.717) is 18.0 Å². The minimum absolute atomic E-state index is 0.00943. The van der Waals surface area contributed by atoms with Crippen molar-refractivity contribution in [2.24, 2.45) is 0 Å². The van der Waals surface area contributed by atoms with E-state index in [1.807, 2.05) is 36.5 Å². The van der Waals surface area contributed by atoms with Gasteiger partial charge in [0.1, 0.15) is 5.69 Å². The summed E-state index contributed by atoms with van der Waals surface area (Å²) in [5.41, 5.74) is 1.78. The standard InChI is InChI=1S/C17H15BrN4O2S/c18-14-6-8-16(9-7-14)25(23,24)21-10-15(11-21)22-12-17(19-20-22)13-4-2-1-3-5-13/h1-9,12,15H,10-11H2. The lowest BCUT2D eigenvalue weighted by molar-refractivity contribution is 0.189. The summed E-state index contributed by atoms with van der Waals surface area (Å²) in [6, 6.07) is 16.5. The Morgan fingerprint density at radius 3 is 2.36 bits per heavy atom. The molecule has 0 aliphatic carbocycles. The summed E-state index contributed by atoms with van der Waals surface area (Å²) in [7, 11) is -3.45. The predicted molar refractivity (Wildman–Crippen MR) is 97.4 cm³/mol. The monoisotopic (exact) mass is 418 g/mol. The Morgan fingerprint density at radius 1 is 1.00 bits per heavy atom. The number of hydrogen-bond acceptors (Lipinski definition) is 4. The molecule has 0 unspecified atom stereocenters. The molecule has 0 spiro atoms. The van der Waals surface area contributed by atoms with Crippen molar-refractivity contribution in [3.63, 3.8) is 0 Å². The van der Waals surface area contributed by atoms with Crippen LogP contribution in [0.15, 0.2) is 70.2 Å². The lowest BCUT2D eigenvalue weighted by atomic mass is 10.1. The number of nitrogens with zero attached hydrogens (tertiary/aromatic N) is 4. The predicted octanol–water partition coefficient (Wildman–Crippen LogP) is 2.95. The zero-order valence-corrected chi connectivity index (χ0v) is 15.6. The van der Waals surface area contributed by atoms with Crippen molar-refractivity contribution in [3.8, 4) is 11.3 Å². The van der Waals surface area contributed by atoms with E-state index in [1.54, 1.807) is 28.9 Å². The quantitative estimate of drug-likeness (QED) is 0.652. The molecule has 0 N–H and O–H groups in total. The molecule has 6 nitrogen and oxygen atoms in total. The van der Waals surface area contributed by atoms with Crippen LogP contribution < -0.4 is 0 Å². The van der Waals surface area contributed by atoms with Crippen LogP contribution in [0.25, 0.3) is 11.3 Å². The molecule has 128 valence electrons. The van der Waals surface area contributed by atoms with E-state index in [1.165, 1.54) is 4.31 Å². The SMILES string of the molecule is O=S(=O)(c1ccc(Br)cc1)N1CC(n2cc(-c3ccccc3)nn2)C1. The second-order valence-electron chi connectivity index (χ2n) is 5.88. The Labute approximate surface area is 154 Å². The lowest BCUT2D eigenvalue weighted by Gasteiger charge is -2.37. The first-order chi connectivity index (χ1) is 12.0. The molecule has 1 saturated heterocycles. The molecule has 1 fully saturated rings. The minimum Gasteiger partial charge on any atom is -0.246 e. The van der Waals surface area contributed by atoms with Crippen LogP contribution in [0.2, 0.25) is 0 Å². The summed E-state index contributed by atoms with van der Waals surface area (Å²) in [5, 5.41) is 8.34. The van der Waals surface area contributed by atoms with Gasteiger partial charge in [-0.05, 0) is 24.3 Å². The van der Waals surface area contributed by atoms with Crippen LogP contribution in [0.3, 0.4) is 0 Å². The van der Waals surface area contributed by atoms with Crippen molar-refractivity contribution >= 4 is 26.0 Å². The molecule has 2 heterocycles. The molecule has 4 rings (SSSR count). The second kappa shape index (κ2) is 6.36. The van der Waals surface area contributed by atoms with Crippen LogP contribution in [-0.2, 0) is 10.0 Å². The Hall–Kier alpha value is -2.03. The second-order valence-corrected chi connectivity index (χ2v) is 8.73. The maximum Gasteiger partial charge on any atom is 0.243 e. The maximum atomic E-state index is 12.6. The molecule has 0 amide bonds. The molecule has 1 aromatic heterocycles. The third kappa shape index (κ3) is 3.12. The molecule has 8 heteroatoms. The van der Waals surface area contributed by atoms with Crippen molar-refractivity contribution in [3.05, 3.63) is 65.3 Å². The third-order valence-corrected chi connectivity index (χ3v) is 6.61. The normalized spacial score (nSPS) is 15.9. The van der Waals surface area contributed by atoms with Gasteiger partial charge in [0.2, 0.25) is 10.0 Å². The van der Waals surface area contributed by atoms with Crippen molar-refractivity contribution in [1.82, 2.24) is 19.3 Å². The largest absolute Gasteiger partial charge is 0.246 e. The number of rotatable bonds is 4. The van der Waals surface area contributed by atoms with Crippen LogP contribution >= 0.6 is 15.9 Å². The highest BCUT2D eigenvalue weighted by molar-refractivity contribution is 9.10. The van der Waals surface area contributed by atoms with Gasteiger partial charge in [-0.15, -0.1) is 5.10 Å². The van der Waals surface area contributed by atoms with E-state index >= 15 is 0 Å². The van der Waals surface area contributed by atoms with Crippen LogP contribution in [0.4, 0.5) is 0 Å². The number of hydrogen-bond donors (Lipinski definition) is 0. The molecule has 0 atom stereocenters. The molecule has 0 saturated carbocycles. The van der Waals surface area contributed by atoms with Gasteiger partial charge in [0, 0.05) is 23.1 Å². The summed E-state index contributed by atoms with van der Waals surface area (Å²) in [4.78, 5) is 0.303. The molecule has 0 bridgehead atoms. The molecule has 0 radical (unpaired) electrons. The van der Waals surface area contributed by atoms with Gasteiger partial charge in [0.05, 0.1) is 17.1 Å². The van der Waals surface area contributed by atoms with Gasteiger partial charge in [-0.25, -0.2) is 13.1 Å². The molecule has 2 aromatic carbocycles. The average Bonchev–Trinajstić information content (AvgIpc) is 3.04. The molecule has 1 aliphatic heterocycles. The van der Waals surface area contributed by atoms with Gasteiger partial charge in [-0.3, -0.25) is 0 Å². The minimum atomic E-state index is -3.45. The number of benzene rings is 2. The number of sulfonamides is 1. The molecular formula is C17H15BrN4O2S. The van der Waals surface area contributed by atoms with Gasteiger partial charge in [-0.1, -0.05) is 51.5 Å². The van der Waals surface area contributed by atoms with E-state index in [9.17, 15) is 8.42 Å². The molecule has 3 aromatic rings. The van der Waals surface area contributed by atoms with Crippen molar-refractivity contribution in [2.45, 2.75) is 10.9 Å². The van der Waals surface area contributed by atoms with Crippen LogP contribution in [-0.4, -0.2) is 40.8 Å². The molecular weight excluding hydrogens is 404 g/mol. The van der Waals surface area contributed by atoms with E-state index in [-0.39, 0.29) is 6.04 Å². The maximum absolute atomic E-state index is 12.6. The summed E-state index contributed by atoms with van der Waals surface area (Å²) in [6.07, 6.45) is 1.86. The van der Waals surface area contributed by atoms with E-state index < -0.39 is 10.0 Å². The van der Waals surface area contributed by atoms with Gasteiger partial charge in [0.15, 0.2) is 0 Å². The Balaban J connectivity index is 1.47. The number of halogens is 1. The average molecular weight is 419 g/mol. The van der Waals surface area contributed by atoms with E-state index in [0.717, 1.165) is 15.7 Å².